The molecule has 136 valence electrons. The zero-order valence-electron chi connectivity index (χ0n) is 15.1. The summed E-state index contributed by atoms with van der Waals surface area (Å²) in [4.78, 5) is 43.7. The second kappa shape index (κ2) is 12.4. The average molecular weight is 355 g/mol. The third-order valence-electron chi connectivity index (χ3n) is 3.95. The lowest BCUT2D eigenvalue weighted by Crippen LogP contribution is -2.26. The molecule has 0 aliphatic heterocycles. The molecule has 24 heavy (non-hydrogen) atoms. The van der Waals surface area contributed by atoms with Gasteiger partial charge in [-0.2, -0.15) is 0 Å². The van der Waals surface area contributed by atoms with Crippen LogP contribution in [0.5, 0.6) is 0 Å². The van der Waals surface area contributed by atoms with Crippen molar-refractivity contribution >= 4 is 34.9 Å². The van der Waals surface area contributed by atoms with Crippen LogP contribution in [0.15, 0.2) is 0 Å². The van der Waals surface area contributed by atoms with E-state index < -0.39 is 0 Å². The summed E-state index contributed by atoms with van der Waals surface area (Å²) in [6, 6.07) is 0. The van der Waals surface area contributed by atoms with Crippen LogP contribution in [0, 0.1) is 25.7 Å². The van der Waals surface area contributed by atoms with Gasteiger partial charge in [0.25, 0.3) is 0 Å². The van der Waals surface area contributed by atoms with Crippen molar-refractivity contribution in [3.63, 3.8) is 0 Å². The molecule has 0 aromatic carbocycles. The molecule has 2 fully saturated rings. The van der Waals surface area contributed by atoms with Gasteiger partial charge in [-0.05, 0) is 25.2 Å². The first-order chi connectivity index (χ1) is 11.3. The molecule has 2 rings (SSSR count). The first kappa shape index (κ1) is 23.0. The number of ketones is 4. The Hall–Kier alpha value is -0.970. The third kappa shape index (κ3) is 8.76. The van der Waals surface area contributed by atoms with E-state index in [0.717, 1.165) is 25.2 Å². The summed E-state index contributed by atoms with van der Waals surface area (Å²) in [7, 11) is 0. The second-order valence-corrected chi connectivity index (χ2v) is 7.41. The molecule has 0 saturated heterocycles. The van der Waals surface area contributed by atoms with Gasteiger partial charge in [-0.3, -0.25) is 19.2 Å². The van der Waals surface area contributed by atoms with Crippen LogP contribution >= 0.6 is 11.8 Å². The van der Waals surface area contributed by atoms with Crippen molar-refractivity contribution in [2.75, 3.05) is 5.75 Å². The van der Waals surface area contributed by atoms with Crippen molar-refractivity contribution < 1.29 is 19.2 Å². The van der Waals surface area contributed by atoms with Crippen LogP contribution in [0.1, 0.15) is 59.3 Å². The topological polar surface area (TPSA) is 68.3 Å². The molecule has 1 atom stereocenters. The molecule has 0 amide bonds. The lowest BCUT2D eigenvalue weighted by Gasteiger charge is -2.29. The van der Waals surface area contributed by atoms with Crippen molar-refractivity contribution in [2.24, 2.45) is 11.8 Å². The van der Waals surface area contributed by atoms with E-state index in [1.807, 2.05) is 6.92 Å². The molecule has 0 spiro atoms. The predicted molar refractivity (Wildman–Crippen MR) is 98.7 cm³/mol. The average Bonchev–Trinajstić information content (AvgIpc) is 2.82. The Labute approximate surface area is 150 Å². The number of carbonyl (C=O) groups excluding carboxylic acids is 4. The Bertz CT molecular complexity index is 439. The minimum Gasteiger partial charge on any atom is -0.299 e. The van der Waals surface area contributed by atoms with Crippen LogP contribution in [0.3, 0.4) is 0 Å². The lowest BCUT2D eigenvalue weighted by atomic mass is 9.74. The van der Waals surface area contributed by atoms with Gasteiger partial charge in [0, 0.05) is 25.7 Å². The van der Waals surface area contributed by atoms with E-state index in [4.69, 9.17) is 0 Å². The summed E-state index contributed by atoms with van der Waals surface area (Å²) in [5.41, 5.74) is 0. The van der Waals surface area contributed by atoms with Crippen LogP contribution in [0.2, 0.25) is 0 Å². The van der Waals surface area contributed by atoms with E-state index in [0.29, 0.717) is 24.5 Å². The maximum absolute atomic E-state index is 11.2. The van der Waals surface area contributed by atoms with Crippen molar-refractivity contribution in [1.29, 1.82) is 0 Å². The maximum Gasteiger partial charge on any atom is 0.153 e. The Balaban J connectivity index is 0.000000447. The Morgan fingerprint density at radius 2 is 1.79 bits per heavy atom. The molecule has 5 heteroatoms. The lowest BCUT2D eigenvalue weighted by molar-refractivity contribution is -0.122. The highest BCUT2D eigenvalue weighted by Crippen LogP contribution is 2.33. The first-order valence-electron chi connectivity index (χ1n) is 8.57. The third-order valence-corrected chi connectivity index (χ3v) is 5.27. The minimum absolute atomic E-state index is 0.00967. The maximum atomic E-state index is 11.2. The molecular formula is C19H30O4S. The number of rotatable bonds is 6. The smallest absolute Gasteiger partial charge is 0.153 e. The van der Waals surface area contributed by atoms with Crippen LogP contribution in [-0.2, 0) is 19.2 Å². The standard InChI is InChI=1S/C10H14O3S.C7H11O.C2H5/c1-2-3-7(11)6-14-10-5-8(12)4-9(10)13;1-5-3-7(4-5)6(2)8;1-2/h10H,2-6H2,1H3;5,7H,2-4H2,1H3;1H2,2H3. The zero-order chi connectivity index (χ0) is 18.7. The monoisotopic (exact) mass is 354 g/mol. The fourth-order valence-corrected chi connectivity index (χ4v) is 3.67. The highest BCUT2D eigenvalue weighted by Gasteiger charge is 2.31. The summed E-state index contributed by atoms with van der Waals surface area (Å²) in [5, 5.41) is -0.247. The van der Waals surface area contributed by atoms with Gasteiger partial charge in [-0.15, -0.1) is 11.8 Å². The van der Waals surface area contributed by atoms with E-state index in [-0.39, 0.29) is 34.8 Å². The molecule has 4 nitrogen and oxygen atoms in total. The van der Waals surface area contributed by atoms with Gasteiger partial charge < -0.3 is 0 Å². The molecule has 2 aliphatic rings. The molecule has 0 aromatic heterocycles. The van der Waals surface area contributed by atoms with E-state index in [1.54, 1.807) is 6.92 Å². The molecule has 0 N–H and O–H groups in total. The molecule has 0 bridgehead atoms. The molecule has 2 aliphatic carbocycles. The van der Waals surface area contributed by atoms with Crippen LogP contribution in [0.25, 0.3) is 0 Å². The molecule has 2 saturated carbocycles. The number of thioether (sulfide) groups is 1. The predicted octanol–water partition coefficient (Wildman–Crippen LogP) is 3.67. The summed E-state index contributed by atoms with van der Waals surface area (Å²) in [6.07, 6.45) is 3.95. The van der Waals surface area contributed by atoms with E-state index in [2.05, 4.69) is 20.8 Å². The van der Waals surface area contributed by atoms with Gasteiger partial charge in [-0.1, -0.05) is 27.7 Å². The van der Waals surface area contributed by atoms with E-state index in [9.17, 15) is 19.2 Å². The Morgan fingerprint density at radius 3 is 2.12 bits per heavy atom. The summed E-state index contributed by atoms with van der Waals surface area (Å²) < 4.78 is 0. The molecule has 2 radical (unpaired) electrons. The normalized spacial score (nSPS) is 25.0. The number of hydrogen-bond donors (Lipinski definition) is 0. The summed E-state index contributed by atoms with van der Waals surface area (Å²) in [5.74, 6) is 1.75. The molecule has 0 heterocycles. The van der Waals surface area contributed by atoms with Crippen molar-refractivity contribution in [2.45, 2.75) is 64.5 Å². The first-order valence-corrected chi connectivity index (χ1v) is 9.62. The number of hydrogen-bond acceptors (Lipinski definition) is 5. The van der Waals surface area contributed by atoms with Crippen molar-refractivity contribution in [3.05, 3.63) is 13.8 Å². The molecule has 1 unspecified atom stereocenters. The van der Waals surface area contributed by atoms with Crippen molar-refractivity contribution in [3.8, 4) is 0 Å². The largest absolute Gasteiger partial charge is 0.299 e. The fourth-order valence-electron chi connectivity index (χ4n) is 2.56. The Kier molecular flexibility index (Phi) is 11.9. The minimum atomic E-state index is -0.247. The van der Waals surface area contributed by atoms with Gasteiger partial charge in [0.15, 0.2) is 5.78 Å². The van der Waals surface area contributed by atoms with Gasteiger partial charge in [0.2, 0.25) is 0 Å². The van der Waals surface area contributed by atoms with Crippen LogP contribution in [0.4, 0.5) is 0 Å². The number of Topliss-reactive ketones (excluding diaryl/α,β-unsaturated/α-hetero) is 4. The van der Waals surface area contributed by atoms with Gasteiger partial charge in [0.05, 0.1) is 17.4 Å². The summed E-state index contributed by atoms with van der Waals surface area (Å²) >= 11 is 1.32. The van der Waals surface area contributed by atoms with E-state index in [1.165, 1.54) is 11.8 Å². The number of carbonyl (C=O) groups is 4. The second-order valence-electron chi connectivity index (χ2n) is 6.21. The Morgan fingerprint density at radius 1 is 1.21 bits per heavy atom. The fraction of sp³-hybridized carbons (Fsp3) is 0.684. The van der Waals surface area contributed by atoms with Gasteiger partial charge >= 0.3 is 0 Å². The SMILES string of the molecule is CCCC(=O)CSC1CC(=O)CC1=O.[CH2]C.[CH2]C(=O)C1CC(C)C1. The zero-order valence-corrected chi connectivity index (χ0v) is 16.0. The summed E-state index contributed by atoms with van der Waals surface area (Å²) in [6.45, 7) is 12.5. The van der Waals surface area contributed by atoms with Gasteiger partial charge in [-0.25, -0.2) is 0 Å². The highest BCUT2D eigenvalue weighted by molar-refractivity contribution is 8.01. The molecular weight excluding hydrogens is 324 g/mol. The molecule has 0 aromatic rings. The van der Waals surface area contributed by atoms with Gasteiger partial charge in [0.1, 0.15) is 17.3 Å². The quantitative estimate of drug-likeness (QED) is 0.681. The van der Waals surface area contributed by atoms with E-state index >= 15 is 0 Å². The highest BCUT2D eigenvalue weighted by atomic mass is 32.2. The van der Waals surface area contributed by atoms with Crippen LogP contribution < -0.4 is 0 Å². The van der Waals surface area contributed by atoms with Crippen molar-refractivity contribution in [1.82, 2.24) is 0 Å². The van der Waals surface area contributed by atoms with Crippen LogP contribution in [-0.4, -0.2) is 34.1 Å².